The Morgan fingerprint density at radius 2 is 2.00 bits per heavy atom. The van der Waals surface area contributed by atoms with Crippen LogP contribution in [0.1, 0.15) is 32.3 Å². The fourth-order valence-corrected chi connectivity index (χ4v) is 1.48. The maximum absolute atomic E-state index is 5.49. The van der Waals surface area contributed by atoms with Gasteiger partial charge in [0.1, 0.15) is 0 Å². The van der Waals surface area contributed by atoms with Crippen molar-refractivity contribution in [2.75, 3.05) is 13.7 Å². The highest BCUT2D eigenvalue weighted by Crippen LogP contribution is 2.35. The Labute approximate surface area is 85.8 Å². The Balaban J connectivity index is 3.11. The highest BCUT2D eigenvalue weighted by atomic mass is 16.5. The molecule has 1 aromatic carbocycles. The summed E-state index contributed by atoms with van der Waals surface area (Å²) in [6.45, 7) is 6.93. The van der Waals surface area contributed by atoms with Crippen LogP contribution in [0.5, 0.6) is 11.5 Å². The molecule has 0 fully saturated rings. The van der Waals surface area contributed by atoms with E-state index in [0.717, 1.165) is 11.5 Å². The summed E-state index contributed by atoms with van der Waals surface area (Å²) in [4.78, 5) is 0. The fourth-order valence-electron chi connectivity index (χ4n) is 1.48. The summed E-state index contributed by atoms with van der Waals surface area (Å²) in [5.41, 5.74) is 1.19. The van der Waals surface area contributed by atoms with Gasteiger partial charge in [0.25, 0.3) is 0 Å². The van der Waals surface area contributed by atoms with Crippen molar-refractivity contribution in [1.82, 2.24) is 0 Å². The van der Waals surface area contributed by atoms with Gasteiger partial charge in [0.2, 0.25) is 0 Å². The van der Waals surface area contributed by atoms with Crippen LogP contribution >= 0.6 is 0 Å². The topological polar surface area (TPSA) is 18.5 Å². The van der Waals surface area contributed by atoms with Gasteiger partial charge in [-0.25, -0.2) is 0 Å². The first kappa shape index (κ1) is 10.9. The van der Waals surface area contributed by atoms with Crippen molar-refractivity contribution in [3.63, 3.8) is 0 Å². The molecule has 0 saturated carbocycles. The molecule has 0 aliphatic rings. The third-order valence-corrected chi connectivity index (χ3v) is 2.14. The first-order valence-corrected chi connectivity index (χ1v) is 5.00. The largest absolute Gasteiger partial charge is 0.493 e. The molecule has 1 rings (SSSR count). The molecule has 14 heavy (non-hydrogen) atoms. The van der Waals surface area contributed by atoms with Crippen molar-refractivity contribution in [1.29, 1.82) is 0 Å². The van der Waals surface area contributed by atoms with Gasteiger partial charge in [-0.05, 0) is 18.9 Å². The van der Waals surface area contributed by atoms with E-state index in [1.54, 1.807) is 7.11 Å². The van der Waals surface area contributed by atoms with Gasteiger partial charge in [-0.2, -0.15) is 0 Å². The fraction of sp³-hybridized carbons (Fsp3) is 0.500. The predicted molar refractivity (Wildman–Crippen MR) is 58.3 cm³/mol. The van der Waals surface area contributed by atoms with Gasteiger partial charge >= 0.3 is 0 Å². The SMILES string of the molecule is CCOc1cccc(C(C)C)c1OC. The number of methoxy groups -OCH3 is 1. The number of hydrogen-bond donors (Lipinski definition) is 0. The van der Waals surface area contributed by atoms with Gasteiger partial charge in [-0.15, -0.1) is 0 Å². The lowest BCUT2D eigenvalue weighted by molar-refractivity contribution is 0.308. The molecule has 0 aromatic heterocycles. The molecule has 2 nitrogen and oxygen atoms in total. The minimum absolute atomic E-state index is 0.449. The molecule has 78 valence electrons. The number of ether oxygens (including phenoxy) is 2. The lowest BCUT2D eigenvalue weighted by atomic mass is 10.0. The summed E-state index contributed by atoms with van der Waals surface area (Å²) in [5, 5.41) is 0. The summed E-state index contributed by atoms with van der Waals surface area (Å²) in [6.07, 6.45) is 0. The van der Waals surface area contributed by atoms with E-state index in [2.05, 4.69) is 19.9 Å². The van der Waals surface area contributed by atoms with Crippen LogP contribution in [0, 0.1) is 0 Å². The molecule has 0 atom stereocenters. The van der Waals surface area contributed by atoms with Crippen LogP contribution in [0.2, 0.25) is 0 Å². The quantitative estimate of drug-likeness (QED) is 0.732. The molecule has 2 heteroatoms. The molecule has 0 radical (unpaired) electrons. The lowest BCUT2D eigenvalue weighted by Crippen LogP contribution is -1.99. The van der Waals surface area contributed by atoms with E-state index in [-0.39, 0.29) is 0 Å². The van der Waals surface area contributed by atoms with Crippen LogP contribution in [0.3, 0.4) is 0 Å². The maximum atomic E-state index is 5.49. The molecule has 0 bridgehead atoms. The van der Waals surface area contributed by atoms with Crippen molar-refractivity contribution in [3.8, 4) is 11.5 Å². The Hall–Kier alpha value is -1.18. The van der Waals surface area contributed by atoms with Crippen LogP contribution in [0.4, 0.5) is 0 Å². The maximum Gasteiger partial charge on any atom is 0.164 e. The first-order chi connectivity index (χ1) is 6.70. The van der Waals surface area contributed by atoms with E-state index in [9.17, 15) is 0 Å². The molecular weight excluding hydrogens is 176 g/mol. The third kappa shape index (κ3) is 2.19. The minimum atomic E-state index is 0.449. The average molecular weight is 194 g/mol. The van der Waals surface area contributed by atoms with E-state index in [1.807, 2.05) is 19.1 Å². The molecule has 0 aliphatic carbocycles. The Morgan fingerprint density at radius 3 is 2.50 bits per heavy atom. The van der Waals surface area contributed by atoms with Crippen LogP contribution in [-0.4, -0.2) is 13.7 Å². The second-order valence-corrected chi connectivity index (χ2v) is 3.47. The van der Waals surface area contributed by atoms with Gasteiger partial charge in [0, 0.05) is 5.56 Å². The summed E-state index contributed by atoms with van der Waals surface area (Å²) in [7, 11) is 1.68. The molecule has 0 spiro atoms. The molecule has 0 N–H and O–H groups in total. The van der Waals surface area contributed by atoms with Gasteiger partial charge in [0.15, 0.2) is 11.5 Å². The van der Waals surface area contributed by atoms with Crippen LogP contribution < -0.4 is 9.47 Å². The second kappa shape index (κ2) is 4.89. The summed E-state index contributed by atoms with van der Waals surface area (Å²) in [5.74, 6) is 2.15. The van der Waals surface area contributed by atoms with Crippen molar-refractivity contribution in [3.05, 3.63) is 23.8 Å². The third-order valence-electron chi connectivity index (χ3n) is 2.14. The summed E-state index contributed by atoms with van der Waals surface area (Å²) >= 11 is 0. The minimum Gasteiger partial charge on any atom is -0.493 e. The zero-order valence-electron chi connectivity index (χ0n) is 9.33. The van der Waals surface area contributed by atoms with Gasteiger partial charge in [-0.1, -0.05) is 26.0 Å². The Morgan fingerprint density at radius 1 is 1.29 bits per heavy atom. The highest BCUT2D eigenvalue weighted by molar-refractivity contribution is 5.47. The standard InChI is InChI=1S/C12H18O2/c1-5-14-11-8-6-7-10(9(2)3)12(11)13-4/h6-9H,5H2,1-4H3. The van der Waals surface area contributed by atoms with Crippen LogP contribution in [-0.2, 0) is 0 Å². The van der Waals surface area contributed by atoms with E-state index in [4.69, 9.17) is 9.47 Å². The molecule has 0 unspecified atom stereocenters. The normalized spacial score (nSPS) is 10.4. The van der Waals surface area contributed by atoms with E-state index in [1.165, 1.54) is 5.56 Å². The molecule has 0 heterocycles. The average Bonchev–Trinajstić information content (AvgIpc) is 2.18. The summed E-state index contributed by atoms with van der Waals surface area (Å²) in [6, 6.07) is 6.02. The lowest BCUT2D eigenvalue weighted by Gasteiger charge is -2.15. The van der Waals surface area contributed by atoms with E-state index >= 15 is 0 Å². The van der Waals surface area contributed by atoms with Crippen molar-refractivity contribution < 1.29 is 9.47 Å². The van der Waals surface area contributed by atoms with Gasteiger partial charge in [0.05, 0.1) is 13.7 Å². The zero-order valence-corrected chi connectivity index (χ0v) is 9.33. The van der Waals surface area contributed by atoms with Crippen LogP contribution in [0.15, 0.2) is 18.2 Å². The van der Waals surface area contributed by atoms with Crippen molar-refractivity contribution in [2.24, 2.45) is 0 Å². The Bertz CT molecular complexity index is 292. The van der Waals surface area contributed by atoms with Crippen molar-refractivity contribution >= 4 is 0 Å². The van der Waals surface area contributed by atoms with Crippen LogP contribution in [0.25, 0.3) is 0 Å². The molecule has 0 aliphatic heterocycles. The smallest absolute Gasteiger partial charge is 0.164 e. The van der Waals surface area contributed by atoms with E-state index < -0.39 is 0 Å². The number of para-hydroxylation sites is 1. The van der Waals surface area contributed by atoms with Crippen molar-refractivity contribution in [2.45, 2.75) is 26.7 Å². The number of rotatable bonds is 4. The zero-order chi connectivity index (χ0) is 10.6. The molecule has 0 amide bonds. The Kier molecular flexibility index (Phi) is 3.81. The van der Waals surface area contributed by atoms with E-state index in [0.29, 0.717) is 12.5 Å². The highest BCUT2D eigenvalue weighted by Gasteiger charge is 2.11. The first-order valence-electron chi connectivity index (χ1n) is 5.00. The molecule has 1 aromatic rings. The number of hydrogen-bond acceptors (Lipinski definition) is 2. The predicted octanol–water partition coefficient (Wildman–Crippen LogP) is 3.22. The molecule has 0 saturated heterocycles. The van der Waals surface area contributed by atoms with Gasteiger partial charge in [-0.3, -0.25) is 0 Å². The summed E-state index contributed by atoms with van der Waals surface area (Å²) < 4.78 is 10.9. The molecular formula is C12H18O2. The monoisotopic (exact) mass is 194 g/mol. The van der Waals surface area contributed by atoms with Gasteiger partial charge < -0.3 is 9.47 Å². The second-order valence-electron chi connectivity index (χ2n) is 3.47. The number of benzene rings is 1.